The van der Waals surface area contributed by atoms with Crippen molar-refractivity contribution in [1.82, 2.24) is 9.55 Å². The van der Waals surface area contributed by atoms with Gasteiger partial charge in [-0.2, -0.15) is 0 Å². The molecule has 4 heterocycles. The number of aliphatic hydroxyl groups is 1. The molecule has 7 nitrogen and oxygen atoms in total. The molecule has 0 saturated heterocycles. The Labute approximate surface area is 176 Å². The highest BCUT2D eigenvalue weighted by Crippen LogP contribution is 2.47. The van der Waals surface area contributed by atoms with Gasteiger partial charge in [-0.3, -0.25) is 9.36 Å². The summed E-state index contributed by atoms with van der Waals surface area (Å²) in [6.45, 7) is 3.36. The maximum atomic E-state index is 13.4. The number of pyridine rings is 2. The van der Waals surface area contributed by atoms with E-state index in [1.807, 2.05) is 30.3 Å². The minimum atomic E-state index is -2.00. The molecule has 2 atom stereocenters. The van der Waals surface area contributed by atoms with Gasteiger partial charge in [-0.1, -0.05) is 36.7 Å². The average Bonchev–Trinajstić information content (AvgIpc) is 3.10. The van der Waals surface area contributed by atoms with Gasteiger partial charge in [0.1, 0.15) is 12.3 Å². The molecule has 0 bridgehead atoms. The normalized spacial score (nSPS) is 20.3. The molecule has 0 saturated carbocycles. The number of rotatable bonds is 3. The molecule has 30 heavy (non-hydrogen) atoms. The fraction of sp³-hybridized carbons (Fsp3) is 0.318. The quantitative estimate of drug-likeness (QED) is 0.400. The molecule has 0 amide bonds. The van der Waals surface area contributed by atoms with E-state index in [-0.39, 0.29) is 35.5 Å². The summed E-state index contributed by atoms with van der Waals surface area (Å²) in [4.78, 5) is 30.6. The first-order valence-corrected chi connectivity index (χ1v) is 10.2. The van der Waals surface area contributed by atoms with Gasteiger partial charge < -0.3 is 14.6 Å². The van der Waals surface area contributed by atoms with E-state index >= 15 is 0 Å². The van der Waals surface area contributed by atoms with Crippen molar-refractivity contribution in [3.8, 4) is 17.1 Å². The minimum Gasteiger partial charge on any atom is -0.472 e. The number of alkyl halides is 1. The van der Waals surface area contributed by atoms with E-state index in [0.717, 1.165) is 16.5 Å². The predicted octanol–water partition coefficient (Wildman–Crippen LogP) is 3.04. The summed E-state index contributed by atoms with van der Waals surface area (Å²) < 4.78 is 12.6. The van der Waals surface area contributed by atoms with Gasteiger partial charge in [0.05, 0.1) is 28.9 Å². The zero-order chi connectivity index (χ0) is 21.2. The summed E-state index contributed by atoms with van der Waals surface area (Å²) in [6, 6.07) is 9.65. The highest BCUT2D eigenvalue weighted by Gasteiger charge is 2.49. The number of halogens is 1. The van der Waals surface area contributed by atoms with Gasteiger partial charge in [0.15, 0.2) is 16.9 Å². The number of carbonyl (C=O) groups is 1. The minimum absolute atomic E-state index is 0.0206. The lowest BCUT2D eigenvalue weighted by Gasteiger charge is -2.34. The molecule has 5 rings (SSSR count). The van der Waals surface area contributed by atoms with Gasteiger partial charge in [0.25, 0.3) is 5.56 Å². The molecule has 0 radical (unpaired) electrons. The van der Waals surface area contributed by atoms with Gasteiger partial charge in [-0.05, 0) is 25.5 Å². The molecule has 0 aliphatic carbocycles. The van der Waals surface area contributed by atoms with Gasteiger partial charge in [0, 0.05) is 10.9 Å². The van der Waals surface area contributed by atoms with Gasteiger partial charge >= 0.3 is 5.97 Å². The summed E-state index contributed by atoms with van der Waals surface area (Å²) in [5.74, 6) is -0.603. The van der Waals surface area contributed by atoms with Crippen LogP contribution in [0.2, 0.25) is 0 Å². The molecule has 0 fully saturated rings. The average molecular weight is 427 g/mol. The molecule has 1 aromatic carbocycles. The topological polar surface area (TPSA) is 90.7 Å². The Hall–Kier alpha value is -2.90. The van der Waals surface area contributed by atoms with Crippen molar-refractivity contribution < 1.29 is 19.4 Å². The van der Waals surface area contributed by atoms with Crippen LogP contribution in [0.15, 0.2) is 35.1 Å². The maximum absolute atomic E-state index is 13.4. The van der Waals surface area contributed by atoms with E-state index in [4.69, 9.17) is 26.1 Å². The highest BCUT2D eigenvalue weighted by atomic mass is 35.5. The number of fused-ring (bicyclic) bond motifs is 5. The Bertz CT molecular complexity index is 1280. The van der Waals surface area contributed by atoms with Crippen molar-refractivity contribution in [3.05, 3.63) is 57.4 Å². The summed E-state index contributed by atoms with van der Waals surface area (Å²) in [5.41, 5.74) is -0.136. The van der Waals surface area contributed by atoms with Crippen molar-refractivity contribution in [2.24, 2.45) is 0 Å². The van der Waals surface area contributed by atoms with Gasteiger partial charge in [-0.15, -0.1) is 0 Å². The molecular weight excluding hydrogens is 408 g/mol. The van der Waals surface area contributed by atoms with Crippen molar-refractivity contribution in [1.29, 1.82) is 0 Å². The van der Waals surface area contributed by atoms with Crippen LogP contribution in [-0.2, 0) is 28.3 Å². The van der Waals surface area contributed by atoms with Crippen LogP contribution in [0.4, 0.5) is 0 Å². The number of aromatic nitrogens is 2. The molecule has 1 unspecified atom stereocenters. The number of hydrogen-bond acceptors (Lipinski definition) is 6. The third-order valence-electron chi connectivity index (χ3n) is 5.76. The zero-order valence-corrected chi connectivity index (χ0v) is 17.2. The first-order valence-electron chi connectivity index (χ1n) is 9.74. The number of hydrogen-bond donors (Lipinski definition) is 1. The fourth-order valence-corrected chi connectivity index (χ4v) is 4.41. The molecule has 154 valence electrons. The zero-order valence-electron chi connectivity index (χ0n) is 16.4. The molecule has 2 aromatic heterocycles. The maximum Gasteiger partial charge on any atom is 0.343 e. The Morgan fingerprint density at radius 2 is 2.13 bits per heavy atom. The first kappa shape index (κ1) is 19.1. The Kier molecular flexibility index (Phi) is 4.17. The summed E-state index contributed by atoms with van der Waals surface area (Å²) in [5, 5.41) is 12.2. The van der Waals surface area contributed by atoms with Crippen LogP contribution in [0.5, 0.6) is 5.75 Å². The Morgan fingerprint density at radius 1 is 1.37 bits per heavy atom. The molecule has 0 spiro atoms. The van der Waals surface area contributed by atoms with E-state index in [9.17, 15) is 14.7 Å². The monoisotopic (exact) mass is 426 g/mol. The van der Waals surface area contributed by atoms with Crippen LogP contribution in [0.25, 0.3) is 22.3 Å². The second-order valence-corrected chi connectivity index (χ2v) is 8.18. The number of para-hydroxylation sites is 1. The standard InChI is InChI=1S/C22H19ClN2O5/c1-3-22(28)16-14(10-29-21(22)27)20(26)25-9-13-8-12-6-4-5-7-15(12)24-17(13)18(25)19(16)30-11(2)23/h4-8,11,28H,3,9-10H2,1-2H3/t11?,22-/m0/s1. The SMILES string of the molecule is CC[C@@]1(O)C(=O)OCc2c1c(OC(C)Cl)c1n(c2=O)Cc2cc3ccccc3nc2-1. The lowest BCUT2D eigenvalue weighted by atomic mass is 9.85. The number of nitrogens with zero attached hydrogens (tertiary/aromatic N) is 2. The summed E-state index contributed by atoms with van der Waals surface area (Å²) in [7, 11) is 0. The predicted molar refractivity (Wildman–Crippen MR) is 110 cm³/mol. The highest BCUT2D eigenvalue weighted by molar-refractivity contribution is 6.19. The van der Waals surface area contributed by atoms with Crippen LogP contribution in [-0.4, -0.2) is 26.2 Å². The molecule has 2 aliphatic rings. The van der Waals surface area contributed by atoms with E-state index in [2.05, 4.69) is 0 Å². The van der Waals surface area contributed by atoms with E-state index in [1.165, 1.54) is 0 Å². The van der Waals surface area contributed by atoms with Crippen LogP contribution in [0.1, 0.15) is 37.0 Å². The molecule has 3 aromatic rings. The Balaban J connectivity index is 1.90. The van der Waals surface area contributed by atoms with E-state index in [1.54, 1.807) is 18.4 Å². The lowest BCUT2D eigenvalue weighted by Crippen LogP contribution is -2.45. The number of esters is 1. The van der Waals surface area contributed by atoms with Crippen molar-refractivity contribution in [2.45, 2.75) is 44.6 Å². The van der Waals surface area contributed by atoms with Gasteiger partial charge in [-0.25, -0.2) is 9.78 Å². The van der Waals surface area contributed by atoms with Crippen molar-refractivity contribution in [3.63, 3.8) is 0 Å². The molecule has 8 heteroatoms. The third-order valence-corrected chi connectivity index (χ3v) is 5.85. The molecular formula is C22H19ClN2O5. The van der Waals surface area contributed by atoms with Crippen molar-refractivity contribution in [2.75, 3.05) is 0 Å². The number of cyclic esters (lactones) is 1. The lowest BCUT2D eigenvalue weighted by molar-refractivity contribution is -0.172. The number of carbonyl (C=O) groups excluding carboxylic acids is 1. The smallest absolute Gasteiger partial charge is 0.343 e. The summed E-state index contributed by atoms with van der Waals surface area (Å²) >= 11 is 6.16. The molecule has 1 N–H and O–H groups in total. The van der Waals surface area contributed by atoms with E-state index < -0.39 is 17.1 Å². The van der Waals surface area contributed by atoms with Crippen LogP contribution >= 0.6 is 11.6 Å². The second kappa shape index (κ2) is 6.55. The Morgan fingerprint density at radius 3 is 2.87 bits per heavy atom. The summed E-state index contributed by atoms with van der Waals surface area (Å²) in [6.07, 6.45) is 0.0206. The van der Waals surface area contributed by atoms with Gasteiger partial charge in [0.2, 0.25) is 0 Å². The first-order chi connectivity index (χ1) is 14.3. The number of benzene rings is 1. The third kappa shape index (κ3) is 2.52. The van der Waals surface area contributed by atoms with E-state index in [0.29, 0.717) is 17.9 Å². The van der Waals surface area contributed by atoms with Crippen LogP contribution < -0.4 is 10.3 Å². The number of ether oxygens (including phenoxy) is 2. The second-order valence-electron chi connectivity index (χ2n) is 7.56. The van der Waals surface area contributed by atoms with Crippen molar-refractivity contribution >= 4 is 28.5 Å². The fourth-order valence-electron chi connectivity index (χ4n) is 4.32. The largest absolute Gasteiger partial charge is 0.472 e. The van der Waals surface area contributed by atoms with Crippen LogP contribution in [0.3, 0.4) is 0 Å². The van der Waals surface area contributed by atoms with Crippen LogP contribution in [0, 0.1) is 0 Å². The molecule has 2 aliphatic heterocycles.